The molecule has 0 saturated carbocycles. The molecular weight excluding hydrogens is 854 g/mol. The van der Waals surface area contributed by atoms with Gasteiger partial charge in [0.2, 0.25) is 0 Å². The van der Waals surface area contributed by atoms with E-state index < -0.39 is 67.5 Å². The Morgan fingerprint density at radius 2 is 0.370 bits per heavy atom. The number of carbonyl (C=O) groups excluding carboxylic acids is 6. The van der Waals surface area contributed by atoms with Crippen LogP contribution in [-0.4, -0.2) is 67.5 Å². The van der Waals surface area contributed by atoms with Gasteiger partial charge in [0.25, 0.3) is 0 Å². The van der Waals surface area contributed by atoms with E-state index in [-0.39, 0.29) is 45.6 Å². The summed E-state index contributed by atoms with van der Waals surface area (Å²) >= 11 is -15.7. The van der Waals surface area contributed by atoms with Crippen LogP contribution in [0.4, 0.5) is 0 Å². The van der Waals surface area contributed by atoms with Crippen LogP contribution >= 0.6 is 0 Å². The standard InChI is InChI=1S/C45H36Ge3O6/c49-40(34-19-7-1-8-20-34)46(41(50)35-21-9-2-10-22-35)31-47(42(51)36-23-11-3-12-24-36,43(52)37-25-13-4-14-26-37)33-48(32-46,44(53)38-27-15-5-16-28-38)45(54)39-29-17-6-18-30-39/h1-30H,31-33H2. The second-order valence-electron chi connectivity index (χ2n) is 13.9. The molecule has 0 unspecified atom stereocenters. The SMILES string of the molecule is O=[C](c1ccccc1)[Ge]1([C](=O)c2ccccc2)[CH2][Ge]([C](=O)c2ccccc2)([C](=O)c2ccccc2)[CH2][Ge]([C](=O)c2ccccc2)([C](=O)c2ccccc2)[CH2]1. The molecule has 1 heterocycles. The van der Waals surface area contributed by atoms with Gasteiger partial charge in [-0.05, 0) is 0 Å². The molecule has 0 atom stereocenters. The van der Waals surface area contributed by atoms with Gasteiger partial charge in [-0.15, -0.1) is 0 Å². The van der Waals surface area contributed by atoms with Crippen molar-refractivity contribution in [3.63, 3.8) is 0 Å². The molecule has 0 spiro atoms. The molecule has 1 fully saturated rings. The maximum absolute atomic E-state index is 15.6. The molecule has 54 heavy (non-hydrogen) atoms. The Bertz CT molecular complexity index is 1920. The molecule has 7 rings (SSSR count). The summed E-state index contributed by atoms with van der Waals surface area (Å²) in [6.07, 6.45) is 0. The van der Waals surface area contributed by atoms with Crippen molar-refractivity contribution in [1.82, 2.24) is 0 Å². The van der Waals surface area contributed by atoms with Crippen LogP contribution in [0.1, 0.15) is 62.1 Å². The van der Waals surface area contributed by atoms with Gasteiger partial charge in [-0.25, -0.2) is 0 Å². The van der Waals surface area contributed by atoms with Gasteiger partial charge < -0.3 is 0 Å². The van der Waals surface area contributed by atoms with Gasteiger partial charge in [0.15, 0.2) is 0 Å². The minimum atomic E-state index is -5.24. The van der Waals surface area contributed by atoms with Gasteiger partial charge in [0.05, 0.1) is 0 Å². The fourth-order valence-electron chi connectivity index (χ4n) is 8.20. The van der Waals surface area contributed by atoms with Crippen molar-refractivity contribution in [3.05, 3.63) is 215 Å². The Morgan fingerprint density at radius 3 is 0.500 bits per heavy atom. The third-order valence-electron chi connectivity index (χ3n) is 10.6. The zero-order valence-electron chi connectivity index (χ0n) is 29.4. The first kappa shape index (κ1) is 37.3. The predicted octanol–water partition coefficient (Wildman–Crippen LogP) is 8.50. The Labute approximate surface area is 321 Å². The molecule has 9 heteroatoms. The summed E-state index contributed by atoms with van der Waals surface area (Å²) in [6, 6.07) is 51.1. The number of hydrogen-bond acceptors (Lipinski definition) is 6. The molecule has 1 aliphatic heterocycles. The first-order chi connectivity index (χ1) is 26.2. The van der Waals surface area contributed by atoms with Crippen molar-refractivity contribution in [2.75, 3.05) is 0 Å². The minimum absolute atomic E-state index is 0.153. The molecule has 0 amide bonds. The first-order valence-electron chi connectivity index (χ1n) is 17.8. The third kappa shape index (κ3) is 6.78. The fraction of sp³-hybridized carbons (Fsp3) is 0.0667. The maximum atomic E-state index is 15.6. The Kier molecular flexibility index (Phi) is 10.9. The van der Waals surface area contributed by atoms with Gasteiger partial charge in [0, 0.05) is 0 Å². The van der Waals surface area contributed by atoms with E-state index in [0.717, 1.165) is 0 Å². The number of hydrogen-bond donors (Lipinski definition) is 0. The van der Waals surface area contributed by atoms with Crippen LogP contribution in [-0.2, 0) is 0 Å². The number of benzene rings is 6. The van der Waals surface area contributed by atoms with Crippen molar-refractivity contribution in [2.45, 2.75) is 12.3 Å². The van der Waals surface area contributed by atoms with Crippen LogP contribution in [0.3, 0.4) is 0 Å². The van der Waals surface area contributed by atoms with E-state index in [1.54, 1.807) is 182 Å². The van der Waals surface area contributed by atoms with E-state index in [1.165, 1.54) is 0 Å². The molecule has 0 N–H and O–H groups in total. The van der Waals surface area contributed by atoms with Gasteiger partial charge in [-0.2, -0.15) is 0 Å². The van der Waals surface area contributed by atoms with Crippen molar-refractivity contribution in [3.8, 4) is 0 Å². The monoisotopic (exact) mass is 894 g/mol. The summed E-state index contributed by atoms with van der Waals surface area (Å²) in [4.78, 5) is 93.8. The Hall–Kier alpha value is -5.03. The zero-order chi connectivity index (χ0) is 37.8. The van der Waals surface area contributed by atoms with Gasteiger partial charge in [-0.1, -0.05) is 0 Å². The second kappa shape index (κ2) is 15.7. The summed E-state index contributed by atoms with van der Waals surface area (Å²) in [6.45, 7) is 0. The van der Waals surface area contributed by atoms with Gasteiger partial charge in [0.1, 0.15) is 0 Å². The fourth-order valence-corrected chi connectivity index (χ4v) is 110. The first-order valence-corrected chi connectivity index (χ1v) is 33.0. The van der Waals surface area contributed by atoms with Crippen LogP contribution in [0.25, 0.3) is 0 Å². The van der Waals surface area contributed by atoms with E-state index in [1.807, 2.05) is 0 Å². The Balaban J connectivity index is 1.63. The number of rotatable bonds is 12. The summed E-state index contributed by atoms with van der Waals surface area (Å²) in [5, 5.41) is 0. The van der Waals surface area contributed by atoms with Crippen LogP contribution in [0, 0.1) is 0 Å². The topological polar surface area (TPSA) is 102 Å². The molecule has 1 saturated heterocycles. The summed E-state index contributed by atoms with van der Waals surface area (Å²) in [7, 11) is 0. The molecule has 0 aromatic heterocycles. The zero-order valence-corrected chi connectivity index (χ0v) is 35.7. The molecule has 0 radical (unpaired) electrons. The second-order valence-corrected chi connectivity index (χ2v) is 47.1. The Morgan fingerprint density at radius 1 is 0.241 bits per heavy atom. The summed E-state index contributed by atoms with van der Waals surface area (Å²) in [5.41, 5.74) is 1.72. The van der Waals surface area contributed by atoms with Crippen LogP contribution in [0.15, 0.2) is 182 Å². The summed E-state index contributed by atoms with van der Waals surface area (Å²) < 4.78 is -2.89. The molecule has 0 bridgehead atoms. The molecule has 264 valence electrons. The molecular formula is C45H36Ge3O6. The summed E-state index contributed by atoms with van der Waals surface area (Å²) in [5.74, 6) is 0. The van der Waals surface area contributed by atoms with Crippen LogP contribution < -0.4 is 0 Å². The molecule has 0 aliphatic carbocycles. The van der Waals surface area contributed by atoms with E-state index in [0.29, 0.717) is 0 Å². The average molecular weight is 891 g/mol. The van der Waals surface area contributed by atoms with E-state index in [9.17, 15) is 0 Å². The van der Waals surface area contributed by atoms with E-state index in [2.05, 4.69) is 0 Å². The normalized spacial score (nSPS) is 15.3. The molecule has 6 aromatic carbocycles. The van der Waals surface area contributed by atoms with Crippen molar-refractivity contribution in [2.24, 2.45) is 0 Å². The average Bonchev–Trinajstić information content (AvgIpc) is 3.26. The van der Waals surface area contributed by atoms with Crippen molar-refractivity contribution >= 4 is 67.5 Å². The van der Waals surface area contributed by atoms with Crippen LogP contribution in [0.5, 0.6) is 0 Å². The van der Waals surface area contributed by atoms with E-state index in [4.69, 9.17) is 0 Å². The molecule has 6 nitrogen and oxygen atoms in total. The molecule has 6 aromatic rings. The van der Waals surface area contributed by atoms with Crippen molar-refractivity contribution in [1.29, 1.82) is 0 Å². The van der Waals surface area contributed by atoms with Crippen molar-refractivity contribution < 1.29 is 28.8 Å². The van der Waals surface area contributed by atoms with Gasteiger partial charge in [-0.3, -0.25) is 0 Å². The number of carbonyl (C=O) groups is 6. The van der Waals surface area contributed by atoms with Crippen LogP contribution in [0.2, 0.25) is 12.3 Å². The quantitative estimate of drug-likeness (QED) is 0.114. The molecule has 1 aliphatic rings. The third-order valence-corrected chi connectivity index (χ3v) is 72.3. The predicted molar refractivity (Wildman–Crippen MR) is 216 cm³/mol. The van der Waals surface area contributed by atoms with E-state index >= 15 is 28.8 Å². The van der Waals surface area contributed by atoms with Gasteiger partial charge >= 0.3 is 324 Å².